The zero-order chi connectivity index (χ0) is 19.1. The third-order valence-electron chi connectivity index (χ3n) is 4.23. The number of Topliss-reactive ketones (excluding diaryl/α,β-unsaturated/α-hetero) is 1. The molecule has 0 amide bonds. The summed E-state index contributed by atoms with van der Waals surface area (Å²) >= 11 is 0. The monoisotopic (exact) mass is 360 g/mol. The first-order chi connectivity index (χ1) is 13.2. The van der Waals surface area contributed by atoms with Crippen LogP contribution in [-0.4, -0.2) is 27.2 Å². The molecule has 3 aromatic rings. The molecule has 1 unspecified atom stereocenters. The van der Waals surface area contributed by atoms with Crippen molar-refractivity contribution in [3.63, 3.8) is 0 Å². The van der Waals surface area contributed by atoms with Crippen molar-refractivity contribution in [1.82, 2.24) is 14.8 Å². The molecule has 3 rings (SSSR count). The predicted molar refractivity (Wildman–Crippen MR) is 101 cm³/mol. The van der Waals surface area contributed by atoms with Crippen LogP contribution in [0.3, 0.4) is 0 Å². The second-order valence-corrected chi connectivity index (χ2v) is 6.10. The van der Waals surface area contributed by atoms with Crippen molar-refractivity contribution in [2.45, 2.75) is 18.8 Å². The second kappa shape index (κ2) is 8.77. The minimum Gasteiger partial charge on any atom is -0.494 e. The first kappa shape index (κ1) is 18.3. The lowest BCUT2D eigenvalue weighted by atomic mass is 10.0. The average molecular weight is 360 g/mol. The Kier molecular flexibility index (Phi) is 5.95. The number of nitriles is 1. The standard InChI is InChI=1S/C21H20N4O2/c1-25-20(16-9-4-2-5-10-16)23-24-21(25)18(15-22)19(26)13-8-14-27-17-11-6-3-7-12-17/h2-7,9-12,18H,8,13-14H2,1H3. The number of aromatic nitrogens is 3. The van der Waals surface area contributed by atoms with E-state index in [1.165, 1.54) is 0 Å². The van der Waals surface area contributed by atoms with Gasteiger partial charge in [-0.15, -0.1) is 10.2 Å². The summed E-state index contributed by atoms with van der Waals surface area (Å²) in [4.78, 5) is 12.5. The molecule has 0 saturated heterocycles. The van der Waals surface area contributed by atoms with Gasteiger partial charge in [-0.2, -0.15) is 5.26 Å². The number of ketones is 1. The molecule has 27 heavy (non-hydrogen) atoms. The highest BCUT2D eigenvalue weighted by Gasteiger charge is 2.26. The maximum absolute atomic E-state index is 12.5. The number of benzene rings is 2. The van der Waals surface area contributed by atoms with Gasteiger partial charge in [0.25, 0.3) is 0 Å². The summed E-state index contributed by atoms with van der Waals surface area (Å²) < 4.78 is 7.30. The minimum atomic E-state index is -0.934. The number of nitrogens with zero attached hydrogens (tertiary/aromatic N) is 4. The number of hydrogen-bond acceptors (Lipinski definition) is 5. The smallest absolute Gasteiger partial charge is 0.164 e. The molecular formula is C21H20N4O2. The van der Waals surface area contributed by atoms with E-state index in [0.717, 1.165) is 11.3 Å². The molecule has 1 atom stereocenters. The molecule has 0 saturated carbocycles. The van der Waals surface area contributed by atoms with Crippen LogP contribution in [0.2, 0.25) is 0 Å². The van der Waals surface area contributed by atoms with Gasteiger partial charge in [0.1, 0.15) is 5.75 Å². The van der Waals surface area contributed by atoms with Crippen LogP contribution >= 0.6 is 0 Å². The molecule has 0 fully saturated rings. The highest BCUT2D eigenvalue weighted by molar-refractivity contribution is 5.87. The Hall–Kier alpha value is -3.46. The van der Waals surface area contributed by atoms with Gasteiger partial charge in [0.05, 0.1) is 12.7 Å². The van der Waals surface area contributed by atoms with Gasteiger partial charge in [-0.1, -0.05) is 48.5 Å². The first-order valence-corrected chi connectivity index (χ1v) is 8.75. The SMILES string of the molecule is Cn1c(-c2ccccc2)nnc1C(C#N)C(=O)CCCOc1ccccc1. The van der Waals surface area contributed by atoms with Crippen molar-refractivity contribution >= 4 is 5.78 Å². The van der Waals surface area contributed by atoms with E-state index in [1.54, 1.807) is 11.6 Å². The third-order valence-corrected chi connectivity index (χ3v) is 4.23. The van der Waals surface area contributed by atoms with E-state index >= 15 is 0 Å². The number of carbonyl (C=O) groups is 1. The largest absolute Gasteiger partial charge is 0.494 e. The zero-order valence-electron chi connectivity index (χ0n) is 15.1. The van der Waals surface area contributed by atoms with E-state index in [9.17, 15) is 10.1 Å². The van der Waals surface area contributed by atoms with Gasteiger partial charge < -0.3 is 9.30 Å². The molecule has 0 aliphatic rings. The van der Waals surface area contributed by atoms with Gasteiger partial charge in [0.15, 0.2) is 23.3 Å². The van der Waals surface area contributed by atoms with Crippen LogP contribution in [0.4, 0.5) is 0 Å². The van der Waals surface area contributed by atoms with E-state index in [1.807, 2.05) is 60.7 Å². The van der Waals surface area contributed by atoms with Crippen LogP contribution in [0.25, 0.3) is 11.4 Å². The van der Waals surface area contributed by atoms with Crippen LogP contribution in [0.15, 0.2) is 60.7 Å². The third kappa shape index (κ3) is 4.39. The Labute approximate surface area is 158 Å². The topological polar surface area (TPSA) is 80.8 Å². The lowest BCUT2D eigenvalue weighted by molar-refractivity contribution is -0.119. The Morgan fingerprint density at radius 2 is 1.78 bits per heavy atom. The number of para-hydroxylation sites is 1. The summed E-state index contributed by atoms with van der Waals surface area (Å²) in [5, 5.41) is 17.8. The predicted octanol–water partition coefficient (Wildman–Crippen LogP) is 3.52. The maximum atomic E-state index is 12.5. The minimum absolute atomic E-state index is 0.177. The van der Waals surface area contributed by atoms with Crippen molar-refractivity contribution in [1.29, 1.82) is 5.26 Å². The molecule has 6 nitrogen and oxygen atoms in total. The molecular weight excluding hydrogens is 340 g/mol. The van der Waals surface area contributed by atoms with Crippen molar-refractivity contribution in [3.05, 3.63) is 66.5 Å². The Balaban J connectivity index is 1.62. The summed E-state index contributed by atoms with van der Waals surface area (Å²) in [7, 11) is 1.77. The van der Waals surface area contributed by atoms with Crippen LogP contribution in [0.1, 0.15) is 24.6 Å². The van der Waals surface area contributed by atoms with Crippen molar-refractivity contribution in [3.8, 4) is 23.2 Å². The number of carbonyl (C=O) groups excluding carboxylic acids is 1. The van der Waals surface area contributed by atoms with Gasteiger partial charge >= 0.3 is 0 Å². The van der Waals surface area contributed by atoms with Crippen LogP contribution in [0, 0.1) is 11.3 Å². The van der Waals surface area contributed by atoms with Crippen LogP contribution < -0.4 is 4.74 Å². The molecule has 0 bridgehead atoms. The summed E-state index contributed by atoms with van der Waals surface area (Å²) in [5.41, 5.74) is 0.888. The van der Waals surface area contributed by atoms with E-state index in [0.29, 0.717) is 24.7 Å². The quantitative estimate of drug-likeness (QED) is 0.574. The summed E-state index contributed by atoms with van der Waals surface area (Å²) in [5.74, 6) is 0.653. The Morgan fingerprint density at radius 3 is 2.44 bits per heavy atom. The van der Waals surface area contributed by atoms with Crippen LogP contribution in [0.5, 0.6) is 5.75 Å². The van der Waals surface area contributed by atoms with E-state index < -0.39 is 5.92 Å². The van der Waals surface area contributed by atoms with E-state index in [-0.39, 0.29) is 12.2 Å². The summed E-state index contributed by atoms with van der Waals surface area (Å²) in [6.45, 7) is 0.419. The molecule has 6 heteroatoms. The Morgan fingerprint density at radius 1 is 1.11 bits per heavy atom. The Bertz CT molecular complexity index is 930. The lowest BCUT2D eigenvalue weighted by Crippen LogP contribution is -2.16. The number of rotatable bonds is 8. The normalized spacial score (nSPS) is 11.6. The van der Waals surface area contributed by atoms with Gasteiger partial charge in [-0.05, 0) is 18.6 Å². The molecule has 0 spiro atoms. The molecule has 0 N–H and O–H groups in total. The number of hydrogen-bond donors (Lipinski definition) is 0. The highest BCUT2D eigenvalue weighted by Crippen LogP contribution is 2.22. The van der Waals surface area contributed by atoms with Gasteiger partial charge in [0, 0.05) is 19.0 Å². The lowest BCUT2D eigenvalue weighted by Gasteiger charge is -2.09. The van der Waals surface area contributed by atoms with E-state index in [2.05, 4.69) is 16.3 Å². The van der Waals surface area contributed by atoms with Gasteiger partial charge in [-0.3, -0.25) is 4.79 Å². The number of ether oxygens (including phenoxy) is 1. The van der Waals surface area contributed by atoms with Crippen molar-refractivity contribution in [2.75, 3.05) is 6.61 Å². The average Bonchev–Trinajstić information content (AvgIpc) is 3.09. The van der Waals surface area contributed by atoms with Crippen molar-refractivity contribution < 1.29 is 9.53 Å². The molecule has 136 valence electrons. The van der Waals surface area contributed by atoms with Gasteiger partial charge in [-0.25, -0.2) is 0 Å². The summed E-state index contributed by atoms with van der Waals surface area (Å²) in [6.07, 6.45) is 0.786. The highest BCUT2D eigenvalue weighted by atomic mass is 16.5. The molecule has 0 radical (unpaired) electrons. The van der Waals surface area contributed by atoms with E-state index in [4.69, 9.17) is 4.74 Å². The molecule has 2 aromatic carbocycles. The fraction of sp³-hybridized carbons (Fsp3) is 0.238. The molecule has 0 aliphatic heterocycles. The fourth-order valence-electron chi connectivity index (χ4n) is 2.80. The van der Waals surface area contributed by atoms with Crippen molar-refractivity contribution in [2.24, 2.45) is 7.05 Å². The summed E-state index contributed by atoms with van der Waals surface area (Å²) in [6, 6.07) is 21.1. The molecule has 1 heterocycles. The zero-order valence-corrected chi connectivity index (χ0v) is 15.1. The second-order valence-electron chi connectivity index (χ2n) is 6.10. The first-order valence-electron chi connectivity index (χ1n) is 8.75. The van der Waals surface area contributed by atoms with Crippen LogP contribution in [-0.2, 0) is 11.8 Å². The maximum Gasteiger partial charge on any atom is 0.164 e. The fourth-order valence-corrected chi connectivity index (χ4v) is 2.80. The molecule has 1 aromatic heterocycles. The van der Waals surface area contributed by atoms with Gasteiger partial charge in [0.2, 0.25) is 0 Å². The molecule has 0 aliphatic carbocycles.